The summed E-state index contributed by atoms with van der Waals surface area (Å²) in [5.41, 5.74) is 11.2. The summed E-state index contributed by atoms with van der Waals surface area (Å²) in [5, 5.41) is 5.14. The first-order valence-electron chi connectivity index (χ1n) is 14.6. The smallest absolute Gasteiger partial charge is 0.0541 e. The highest BCUT2D eigenvalue weighted by Crippen LogP contribution is 2.35. The minimum atomic E-state index is 0.938. The topological polar surface area (TPSA) is 4.93 Å². The maximum atomic E-state index is 2.36. The largest absolute Gasteiger partial charge is 0.309 e. The van der Waals surface area contributed by atoms with Crippen LogP contribution in [-0.4, -0.2) is 4.57 Å². The first-order chi connectivity index (χ1) is 20.8. The van der Waals surface area contributed by atoms with Gasteiger partial charge in [0.05, 0.1) is 11.0 Å². The monoisotopic (exact) mass is 535 g/mol. The van der Waals surface area contributed by atoms with Crippen LogP contribution in [-0.2, 0) is 6.42 Å². The Balaban J connectivity index is 1.07. The zero-order valence-electron chi connectivity index (χ0n) is 23.2. The molecule has 1 nitrogen and oxygen atoms in total. The summed E-state index contributed by atoms with van der Waals surface area (Å²) in [5.74, 6) is 0. The maximum absolute atomic E-state index is 2.36. The molecule has 0 N–H and O–H groups in total. The molecule has 42 heavy (non-hydrogen) atoms. The third-order valence-corrected chi connectivity index (χ3v) is 8.41. The molecule has 7 aromatic carbocycles. The minimum absolute atomic E-state index is 0.938. The summed E-state index contributed by atoms with van der Waals surface area (Å²) < 4.78 is 2.36. The highest BCUT2D eigenvalue weighted by molar-refractivity contribution is 6.10. The Morgan fingerprint density at radius 1 is 0.357 bits per heavy atom. The van der Waals surface area contributed by atoms with Crippen LogP contribution < -0.4 is 0 Å². The molecule has 0 unspecified atom stereocenters. The molecule has 198 valence electrons. The van der Waals surface area contributed by atoms with E-state index in [9.17, 15) is 0 Å². The van der Waals surface area contributed by atoms with Gasteiger partial charge in [-0.3, -0.25) is 0 Å². The lowest BCUT2D eigenvalue weighted by Gasteiger charge is -2.09. The molecule has 0 fully saturated rings. The van der Waals surface area contributed by atoms with E-state index in [-0.39, 0.29) is 0 Å². The molecule has 0 aliphatic carbocycles. The molecular formula is C41H29N. The van der Waals surface area contributed by atoms with Crippen LogP contribution in [0.15, 0.2) is 164 Å². The number of para-hydroxylation sites is 2. The molecule has 1 heterocycles. The van der Waals surface area contributed by atoms with E-state index >= 15 is 0 Å². The lowest BCUT2D eigenvalue weighted by atomic mass is 9.97. The van der Waals surface area contributed by atoms with Gasteiger partial charge in [0.15, 0.2) is 0 Å². The van der Waals surface area contributed by atoms with Crippen molar-refractivity contribution in [3.63, 3.8) is 0 Å². The molecule has 0 amide bonds. The summed E-state index contributed by atoms with van der Waals surface area (Å²) in [6, 6.07) is 59.5. The number of hydrogen-bond acceptors (Lipinski definition) is 0. The van der Waals surface area contributed by atoms with Crippen molar-refractivity contribution in [3.05, 3.63) is 175 Å². The van der Waals surface area contributed by atoms with Crippen LogP contribution in [0.3, 0.4) is 0 Å². The van der Waals surface area contributed by atoms with Crippen molar-refractivity contribution < 1.29 is 0 Å². The summed E-state index contributed by atoms with van der Waals surface area (Å²) in [4.78, 5) is 0. The normalized spacial score (nSPS) is 11.4. The second-order valence-corrected chi connectivity index (χ2v) is 11.1. The van der Waals surface area contributed by atoms with Crippen molar-refractivity contribution in [1.29, 1.82) is 0 Å². The summed E-state index contributed by atoms with van der Waals surface area (Å²) in [6.07, 6.45) is 0.938. The second-order valence-electron chi connectivity index (χ2n) is 11.1. The molecule has 0 saturated carbocycles. The average Bonchev–Trinajstić information content (AvgIpc) is 3.39. The molecule has 0 radical (unpaired) electrons. The first-order valence-corrected chi connectivity index (χ1v) is 14.6. The fraction of sp³-hybridized carbons (Fsp3) is 0.0244. The lowest BCUT2D eigenvalue weighted by Crippen LogP contribution is -1.92. The van der Waals surface area contributed by atoms with Gasteiger partial charge in [-0.15, -0.1) is 0 Å². The van der Waals surface area contributed by atoms with Crippen molar-refractivity contribution in [2.75, 3.05) is 0 Å². The van der Waals surface area contributed by atoms with E-state index in [4.69, 9.17) is 0 Å². The first kappa shape index (κ1) is 24.4. The van der Waals surface area contributed by atoms with Crippen molar-refractivity contribution in [1.82, 2.24) is 4.57 Å². The Bertz CT molecular complexity index is 2180. The Morgan fingerprint density at radius 3 is 1.71 bits per heavy atom. The summed E-state index contributed by atoms with van der Waals surface area (Å²) in [7, 11) is 0. The van der Waals surface area contributed by atoms with Crippen LogP contribution in [0.5, 0.6) is 0 Å². The van der Waals surface area contributed by atoms with Crippen LogP contribution in [0.1, 0.15) is 11.1 Å². The van der Waals surface area contributed by atoms with E-state index in [1.54, 1.807) is 0 Å². The van der Waals surface area contributed by atoms with E-state index in [0.717, 1.165) is 6.42 Å². The van der Waals surface area contributed by atoms with Gasteiger partial charge < -0.3 is 4.57 Å². The Kier molecular flexibility index (Phi) is 5.93. The van der Waals surface area contributed by atoms with E-state index in [1.807, 2.05) is 0 Å². The number of benzene rings is 7. The predicted molar refractivity (Wildman–Crippen MR) is 178 cm³/mol. The van der Waals surface area contributed by atoms with Gasteiger partial charge in [-0.2, -0.15) is 0 Å². The van der Waals surface area contributed by atoms with E-state index in [0.29, 0.717) is 0 Å². The quantitative estimate of drug-likeness (QED) is 0.207. The van der Waals surface area contributed by atoms with Crippen LogP contribution >= 0.6 is 0 Å². The molecule has 0 aliphatic rings. The highest BCUT2D eigenvalue weighted by Gasteiger charge is 2.13. The van der Waals surface area contributed by atoms with Crippen LogP contribution in [0.25, 0.3) is 60.5 Å². The average molecular weight is 536 g/mol. The number of rotatable bonds is 5. The number of nitrogens with zero attached hydrogens (tertiary/aromatic N) is 1. The molecule has 0 bridgehead atoms. The van der Waals surface area contributed by atoms with Crippen LogP contribution in [0, 0.1) is 0 Å². The van der Waals surface area contributed by atoms with E-state index < -0.39 is 0 Å². The molecule has 8 rings (SSSR count). The maximum Gasteiger partial charge on any atom is 0.0541 e. The van der Waals surface area contributed by atoms with Crippen molar-refractivity contribution in [2.24, 2.45) is 0 Å². The summed E-state index contributed by atoms with van der Waals surface area (Å²) >= 11 is 0. The number of aromatic nitrogens is 1. The van der Waals surface area contributed by atoms with Gasteiger partial charge in [0, 0.05) is 16.5 Å². The van der Waals surface area contributed by atoms with Gasteiger partial charge in [0.1, 0.15) is 0 Å². The third-order valence-electron chi connectivity index (χ3n) is 8.41. The molecule has 0 saturated heterocycles. The zero-order chi connectivity index (χ0) is 27.9. The van der Waals surface area contributed by atoms with Gasteiger partial charge >= 0.3 is 0 Å². The summed E-state index contributed by atoms with van der Waals surface area (Å²) in [6.45, 7) is 0. The van der Waals surface area contributed by atoms with Gasteiger partial charge in [-0.25, -0.2) is 0 Å². The van der Waals surface area contributed by atoms with Crippen molar-refractivity contribution in [2.45, 2.75) is 6.42 Å². The van der Waals surface area contributed by atoms with Crippen LogP contribution in [0.2, 0.25) is 0 Å². The van der Waals surface area contributed by atoms with Gasteiger partial charge in [0.2, 0.25) is 0 Å². The van der Waals surface area contributed by atoms with E-state index in [2.05, 4.69) is 168 Å². The molecule has 1 aromatic heterocycles. The molecule has 8 aromatic rings. The Labute approximate surface area is 245 Å². The van der Waals surface area contributed by atoms with Gasteiger partial charge in [-0.1, -0.05) is 133 Å². The fourth-order valence-electron chi connectivity index (χ4n) is 6.26. The second kappa shape index (κ2) is 10.2. The Morgan fingerprint density at radius 2 is 0.929 bits per heavy atom. The van der Waals surface area contributed by atoms with E-state index in [1.165, 1.54) is 71.6 Å². The molecule has 0 aliphatic heterocycles. The van der Waals surface area contributed by atoms with Crippen molar-refractivity contribution in [3.8, 4) is 27.9 Å². The fourth-order valence-corrected chi connectivity index (χ4v) is 6.26. The Hall–Kier alpha value is -5.40. The standard InChI is InChI=1S/C41H29N/c1-2-10-37(11-3-1)42-40-13-7-6-12-38(40)39-28-36(24-25-41(39)42)34-22-20-33(21-23-34)32-17-14-29(15-18-32)26-30-16-19-31-8-4-5-9-35(31)27-30/h1-25,27-28H,26H2. The minimum Gasteiger partial charge on any atom is -0.309 e. The number of hydrogen-bond donors (Lipinski definition) is 0. The van der Waals surface area contributed by atoms with Crippen molar-refractivity contribution >= 4 is 32.6 Å². The number of fused-ring (bicyclic) bond motifs is 4. The van der Waals surface area contributed by atoms with Gasteiger partial charge in [0.25, 0.3) is 0 Å². The predicted octanol–water partition coefficient (Wildman–Crippen LogP) is 10.9. The molecule has 0 spiro atoms. The third kappa shape index (κ3) is 4.36. The van der Waals surface area contributed by atoms with Crippen LogP contribution in [0.4, 0.5) is 0 Å². The SMILES string of the molecule is c1ccc(-n2c3ccccc3c3cc(-c4ccc(-c5ccc(Cc6ccc7ccccc7c6)cc5)cc4)ccc32)cc1. The zero-order valence-corrected chi connectivity index (χ0v) is 23.2. The molecule has 0 atom stereocenters. The highest BCUT2D eigenvalue weighted by atomic mass is 15.0. The lowest BCUT2D eigenvalue weighted by molar-refractivity contribution is 1.18. The van der Waals surface area contributed by atoms with Gasteiger partial charge in [-0.05, 0) is 80.9 Å². The molecule has 1 heteroatoms. The molecular weight excluding hydrogens is 506 g/mol.